The molecule has 8 heteroatoms. The van der Waals surface area contributed by atoms with Crippen molar-refractivity contribution in [3.05, 3.63) is 94.3 Å². The summed E-state index contributed by atoms with van der Waals surface area (Å²) < 4.78 is 1.66. The van der Waals surface area contributed by atoms with Gasteiger partial charge in [-0.3, -0.25) is 4.79 Å². The Hall–Kier alpha value is -3.10. The number of thioether (sulfide) groups is 1. The van der Waals surface area contributed by atoms with Gasteiger partial charge in [0.05, 0.1) is 11.1 Å². The maximum absolute atomic E-state index is 11.9. The lowest BCUT2D eigenvalue weighted by Gasteiger charge is -2.27. The third-order valence-corrected chi connectivity index (χ3v) is 6.23. The van der Waals surface area contributed by atoms with Crippen molar-refractivity contribution in [1.29, 1.82) is 0 Å². The van der Waals surface area contributed by atoms with Crippen LogP contribution in [0.3, 0.4) is 0 Å². The van der Waals surface area contributed by atoms with Crippen LogP contribution >= 0.6 is 11.8 Å². The molecule has 1 aliphatic rings. The number of aromatic nitrogens is 3. The van der Waals surface area contributed by atoms with Crippen molar-refractivity contribution in [2.45, 2.75) is 25.1 Å². The summed E-state index contributed by atoms with van der Waals surface area (Å²) in [5, 5.41) is 19.0. The molecule has 4 rings (SSSR count). The molecule has 3 aromatic rings. The Balaban J connectivity index is 1.63. The number of hydrogen-bond acceptors (Lipinski definition) is 6. The minimum absolute atomic E-state index is 0.318. The van der Waals surface area contributed by atoms with Crippen LogP contribution in [0.1, 0.15) is 35.3 Å². The number of carbonyl (C=O) groups is 1. The molecule has 148 valence electrons. The summed E-state index contributed by atoms with van der Waals surface area (Å²) in [4.78, 5) is 14.5. The van der Waals surface area contributed by atoms with Crippen molar-refractivity contribution in [3.8, 4) is 0 Å². The van der Waals surface area contributed by atoms with E-state index in [0.29, 0.717) is 17.1 Å². The summed E-state index contributed by atoms with van der Waals surface area (Å²) in [6, 6.07) is 19.3. The predicted octanol–water partition coefficient (Wildman–Crippen LogP) is 2.78. The average molecular weight is 407 g/mol. The van der Waals surface area contributed by atoms with Crippen LogP contribution in [-0.4, -0.2) is 30.9 Å². The van der Waals surface area contributed by atoms with E-state index in [9.17, 15) is 9.90 Å². The van der Waals surface area contributed by atoms with Crippen LogP contribution in [0.5, 0.6) is 0 Å². The van der Waals surface area contributed by atoms with Gasteiger partial charge in [0.1, 0.15) is 11.8 Å². The molecule has 2 heterocycles. The number of carbonyl (C=O) groups excluding carboxylic acids is 1. The fourth-order valence-electron chi connectivity index (χ4n) is 3.29. The number of nitrogens with zero attached hydrogens (tertiary/aromatic N) is 4. The third kappa shape index (κ3) is 3.90. The van der Waals surface area contributed by atoms with E-state index in [4.69, 9.17) is 5.73 Å². The lowest BCUT2D eigenvalue weighted by atomic mass is 10.1. The Morgan fingerprint density at radius 2 is 1.83 bits per heavy atom. The first kappa shape index (κ1) is 19.2. The SMILES string of the molecule is CC1=C(C(N)=O)S[C@@H](n2cc(C(O)c3ccccc3)nn2)N1Cc1ccccc1. The van der Waals surface area contributed by atoms with Gasteiger partial charge in [-0.15, -0.1) is 5.10 Å². The summed E-state index contributed by atoms with van der Waals surface area (Å²) in [5.41, 5.74) is 8.36. The van der Waals surface area contributed by atoms with Crippen molar-refractivity contribution in [3.63, 3.8) is 0 Å². The van der Waals surface area contributed by atoms with Crippen LogP contribution in [0, 0.1) is 0 Å². The van der Waals surface area contributed by atoms with Gasteiger partial charge in [0.15, 0.2) is 5.50 Å². The van der Waals surface area contributed by atoms with Crippen molar-refractivity contribution < 1.29 is 9.90 Å². The van der Waals surface area contributed by atoms with Crippen LogP contribution < -0.4 is 5.73 Å². The summed E-state index contributed by atoms with van der Waals surface area (Å²) in [7, 11) is 0. The molecule has 1 unspecified atom stereocenters. The fourth-order valence-corrected chi connectivity index (χ4v) is 4.48. The molecule has 0 saturated heterocycles. The van der Waals surface area contributed by atoms with E-state index in [-0.39, 0.29) is 5.50 Å². The smallest absolute Gasteiger partial charge is 0.257 e. The second-order valence-corrected chi connectivity index (χ2v) is 7.84. The van der Waals surface area contributed by atoms with E-state index in [1.165, 1.54) is 11.8 Å². The number of amides is 1. The second kappa shape index (κ2) is 8.10. The summed E-state index contributed by atoms with van der Waals surface area (Å²) >= 11 is 1.34. The quantitative estimate of drug-likeness (QED) is 0.652. The molecule has 29 heavy (non-hydrogen) atoms. The molecule has 1 aliphatic heterocycles. The topological polar surface area (TPSA) is 97.3 Å². The number of rotatable bonds is 6. The Kier molecular flexibility index (Phi) is 5.37. The van der Waals surface area contributed by atoms with E-state index < -0.39 is 12.0 Å². The molecule has 0 bridgehead atoms. The van der Waals surface area contributed by atoms with Crippen LogP contribution in [0.4, 0.5) is 0 Å². The minimum atomic E-state index is -0.872. The first-order valence-electron chi connectivity index (χ1n) is 9.17. The number of aliphatic hydroxyl groups is 1. The molecule has 7 nitrogen and oxygen atoms in total. The Bertz CT molecular complexity index is 1040. The van der Waals surface area contributed by atoms with Gasteiger partial charge in [-0.1, -0.05) is 77.6 Å². The molecule has 0 fully saturated rings. The lowest BCUT2D eigenvalue weighted by molar-refractivity contribution is -0.114. The van der Waals surface area contributed by atoms with Crippen LogP contribution in [0.2, 0.25) is 0 Å². The van der Waals surface area contributed by atoms with Crippen LogP contribution in [0.15, 0.2) is 77.5 Å². The third-order valence-electron chi connectivity index (χ3n) is 4.82. The zero-order valence-electron chi connectivity index (χ0n) is 15.8. The average Bonchev–Trinajstić information content (AvgIpc) is 3.34. The summed E-state index contributed by atoms with van der Waals surface area (Å²) in [5.74, 6) is -0.460. The second-order valence-electron chi connectivity index (χ2n) is 6.77. The molecule has 2 atom stereocenters. The number of hydrogen-bond donors (Lipinski definition) is 2. The number of allylic oxidation sites excluding steroid dienone is 1. The highest BCUT2D eigenvalue weighted by molar-refractivity contribution is 8.04. The maximum atomic E-state index is 11.9. The van der Waals surface area contributed by atoms with Gasteiger partial charge in [0.25, 0.3) is 5.91 Å². The first-order chi connectivity index (χ1) is 14.0. The van der Waals surface area contributed by atoms with Gasteiger partial charge in [-0.05, 0) is 18.1 Å². The van der Waals surface area contributed by atoms with Gasteiger partial charge in [-0.2, -0.15) is 0 Å². The molecular weight excluding hydrogens is 386 g/mol. The molecular formula is C21H21N5O2S. The van der Waals surface area contributed by atoms with Gasteiger partial charge in [-0.25, -0.2) is 4.68 Å². The normalized spacial score (nSPS) is 17.6. The molecule has 1 aromatic heterocycles. The van der Waals surface area contributed by atoms with Gasteiger partial charge < -0.3 is 15.7 Å². The number of benzene rings is 2. The Morgan fingerprint density at radius 1 is 1.17 bits per heavy atom. The molecule has 0 aliphatic carbocycles. The standard InChI is InChI=1S/C21H21N5O2S/c1-14-19(20(22)28)29-21(25(14)12-15-8-4-2-5-9-15)26-13-17(23-24-26)18(27)16-10-6-3-7-11-16/h2-11,13,18,21,27H,12H2,1H3,(H2,22,28)/t18?,21-/m1/s1. The number of primary amides is 1. The Morgan fingerprint density at radius 3 is 2.48 bits per heavy atom. The van der Waals surface area contributed by atoms with Crippen LogP contribution in [-0.2, 0) is 11.3 Å². The van der Waals surface area contributed by atoms with Crippen LogP contribution in [0.25, 0.3) is 0 Å². The Labute approximate surface area is 172 Å². The van der Waals surface area contributed by atoms with Gasteiger partial charge >= 0.3 is 0 Å². The molecule has 0 radical (unpaired) electrons. The number of nitrogens with two attached hydrogens (primary N) is 1. The summed E-state index contributed by atoms with van der Waals surface area (Å²) in [6.07, 6.45) is 0.841. The van der Waals surface area contributed by atoms with Crippen molar-refractivity contribution in [1.82, 2.24) is 19.9 Å². The summed E-state index contributed by atoms with van der Waals surface area (Å²) in [6.45, 7) is 2.48. The predicted molar refractivity (Wildman–Crippen MR) is 111 cm³/mol. The number of aliphatic hydroxyl groups excluding tert-OH is 1. The largest absolute Gasteiger partial charge is 0.382 e. The van der Waals surface area contributed by atoms with E-state index in [2.05, 4.69) is 15.2 Å². The van der Waals surface area contributed by atoms with Crippen molar-refractivity contribution in [2.75, 3.05) is 0 Å². The first-order valence-corrected chi connectivity index (χ1v) is 10.0. The molecule has 3 N–H and O–H groups in total. The van der Waals surface area contributed by atoms with Gasteiger partial charge in [0, 0.05) is 12.2 Å². The highest BCUT2D eigenvalue weighted by Crippen LogP contribution is 2.45. The van der Waals surface area contributed by atoms with E-state index in [1.807, 2.05) is 67.6 Å². The monoisotopic (exact) mass is 407 g/mol. The van der Waals surface area contributed by atoms with E-state index >= 15 is 0 Å². The highest BCUT2D eigenvalue weighted by Gasteiger charge is 2.35. The fraction of sp³-hybridized carbons (Fsp3) is 0.190. The molecule has 0 saturated carbocycles. The van der Waals surface area contributed by atoms with E-state index in [0.717, 1.165) is 16.8 Å². The molecule has 2 aromatic carbocycles. The zero-order valence-corrected chi connectivity index (χ0v) is 16.7. The van der Waals surface area contributed by atoms with Crippen molar-refractivity contribution >= 4 is 17.7 Å². The minimum Gasteiger partial charge on any atom is -0.382 e. The lowest BCUT2D eigenvalue weighted by Crippen LogP contribution is -2.26. The van der Waals surface area contributed by atoms with E-state index in [1.54, 1.807) is 10.9 Å². The highest BCUT2D eigenvalue weighted by atomic mass is 32.2. The maximum Gasteiger partial charge on any atom is 0.257 e. The van der Waals surface area contributed by atoms with Gasteiger partial charge in [0.2, 0.25) is 0 Å². The van der Waals surface area contributed by atoms with Crippen molar-refractivity contribution in [2.24, 2.45) is 5.73 Å². The molecule has 1 amide bonds. The zero-order chi connectivity index (χ0) is 20.4. The molecule has 0 spiro atoms.